The fraction of sp³-hybridized carbons (Fsp3) is 0.208. The van der Waals surface area contributed by atoms with Gasteiger partial charge >= 0.3 is 0 Å². The van der Waals surface area contributed by atoms with E-state index in [9.17, 15) is 0 Å². The Labute approximate surface area is 293 Å². The van der Waals surface area contributed by atoms with Crippen LogP contribution in [-0.4, -0.2) is 9.13 Å². The van der Waals surface area contributed by atoms with Gasteiger partial charge in [-0.25, -0.2) is 0 Å². The number of benzene rings is 6. The molecule has 50 heavy (non-hydrogen) atoms. The van der Waals surface area contributed by atoms with E-state index in [4.69, 9.17) is 0 Å². The van der Waals surface area contributed by atoms with Gasteiger partial charge in [0.25, 0.3) is 0 Å². The summed E-state index contributed by atoms with van der Waals surface area (Å²) in [4.78, 5) is 0. The van der Waals surface area contributed by atoms with Crippen LogP contribution in [-0.2, 0) is 23.7 Å². The quantitative estimate of drug-likeness (QED) is 0.177. The molecular formula is C48H40N2. The number of hydrogen-bond acceptors (Lipinski definition) is 0. The van der Waals surface area contributed by atoms with Gasteiger partial charge in [-0.05, 0) is 112 Å². The van der Waals surface area contributed by atoms with Crippen LogP contribution in [0, 0.1) is 0 Å². The van der Waals surface area contributed by atoms with E-state index in [1.165, 1.54) is 107 Å². The second kappa shape index (κ2) is 9.67. The topological polar surface area (TPSA) is 9.86 Å². The zero-order valence-corrected chi connectivity index (χ0v) is 29.3. The van der Waals surface area contributed by atoms with E-state index in [0.29, 0.717) is 0 Å². The van der Waals surface area contributed by atoms with E-state index >= 15 is 0 Å². The largest absolute Gasteiger partial charge is 0.313 e. The van der Waals surface area contributed by atoms with Crippen molar-refractivity contribution >= 4 is 32.7 Å². The molecule has 0 aliphatic heterocycles. The number of aromatic nitrogens is 2. The molecule has 0 N–H and O–H groups in total. The number of nitrogens with zero attached hydrogens (tertiary/aromatic N) is 2. The molecule has 0 radical (unpaired) electrons. The van der Waals surface area contributed by atoms with Crippen molar-refractivity contribution in [3.05, 3.63) is 155 Å². The minimum absolute atomic E-state index is 0.0443. The molecule has 0 atom stereocenters. The van der Waals surface area contributed by atoms with Crippen LogP contribution in [0.3, 0.4) is 0 Å². The molecule has 8 aromatic rings. The van der Waals surface area contributed by atoms with Crippen LogP contribution in [0.2, 0.25) is 0 Å². The SMILES string of the molecule is CC1(C)c2ccccc2-c2ccc(-n3c4c(c5ccc6c(c7ccccc7n6-c6ccc7c(c6)C(C)(C)c6ccccc6-7)c53)CCCC4)cc21. The van der Waals surface area contributed by atoms with Gasteiger partial charge in [0.1, 0.15) is 0 Å². The van der Waals surface area contributed by atoms with Gasteiger partial charge in [0.15, 0.2) is 0 Å². The summed E-state index contributed by atoms with van der Waals surface area (Å²) in [6.45, 7) is 9.55. The van der Waals surface area contributed by atoms with Crippen LogP contribution < -0.4 is 0 Å². The Morgan fingerprint density at radius 2 is 1.02 bits per heavy atom. The molecule has 0 unspecified atom stereocenters. The van der Waals surface area contributed by atoms with E-state index in [1.807, 2.05) is 0 Å². The predicted molar refractivity (Wildman–Crippen MR) is 209 cm³/mol. The predicted octanol–water partition coefficient (Wildman–Crippen LogP) is 12.2. The molecular weight excluding hydrogens is 605 g/mol. The molecule has 2 heterocycles. The number of hydrogen-bond donors (Lipinski definition) is 0. The minimum Gasteiger partial charge on any atom is -0.313 e. The first kappa shape index (κ1) is 28.5. The van der Waals surface area contributed by atoms with E-state index < -0.39 is 0 Å². The van der Waals surface area contributed by atoms with Crippen molar-refractivity contribution in [3.63, 3.8) is 0 Å². The van der Waals surface area contributed by atoms with Crippen LogP contribution in [0.15, 0.2) is 121 Å². The molecule has 2 nitrogen and oxygen atoms in total. The first-order valence-electron chi connectivity index (χ1n) is 18.4. The summed E-state index contributed by atoms with van der Waals surface area (Å²) in [7, 11) is 0. The van der Waals surface area contributed by atoms with Crippen molar-refractivity contribution in [1.82, 2.24) is 9.13 Å². The lowest BCUT2D eigenvalue weighted by Crippen LogP contribution is -2.15. The van der Waals surface area contributed by atoms with Gasteiger partial charge in [-0.15, -0.1) is 0 Å². The summed E-state index contributed by atoms with van der Waals surface area (Å²) in [5.41, 5.74) is 20.5. The fourth-order valence-electron chi connectivity index (χ4n) is 10.3. The second-order valence-electron chi connectivity index (χ2n) is 16.0. The summed E-state index contributed by atoms with van der Waals surface area (Å²) >= 11 is 0. The van der Waals surface area contributed by atoms with Crippen LogP contribution in [0.25, 0.3) is 66.3 Å². The normalized spacial score (nSPS) is 16.4. The van der Waals surface area contributed by atoms with Crippen LogP contribution >= 0.6 is 0 Å². The first-order chi connectivity index (χ1) is 24.3. The van der Waals surface area contributed by atoms with Gasteiger partial charge in [-0.2, -0.15) is 0 Å². The average molecular weight is 645 g/mol. The molecule has 3 aliphatic rings. The maximum Gasteiger partial charge on any atom is 0.0634 e. The van der Waals surface area contributed by atoms with Crippen molar-refractivity contribution in [2.45, 2.75) is 64.2 Å². The highest BCUT2D eigenvalue weighted by Crippen LogP contribution is 2.52. The van der Waals surface area contributed by atoms with Crippen LogP contribution in [0.5, 0.6) is 0 Å². The van der Waals surface area contributed by atoms with Gasteiger partial charge in [-0.1, -0.05) is 113 Å². The lowest BCUT2D eigenvalue weighted by Gasteiger charge is -2.23. The van der Waals surface area contributed by atoms with Crippen molar-refractivity contribution in [2.24, 2.45) is 0 Å². The molecule has 0 fully saturated rings. The van der Waals surface area contributed by atoms with E-state index in [-0.39, 0.29) is 10.8 Å². The third-order valence-electron chi connectivity index (χ3n) is 12.7. The fourth-order valence-corrected chi connectivity index (χ4v) is 10.3. The Bertz CT molecular complexity index is 2760. The molecule has 0 amide bonds. The Balaban J connectivity index is 1.21. The average Bonchev–Trinajstić information content (AvgIpc) is 3.80. The van der Waals surface area contributed by atoms with E-state index in [1.54, 1.807) is 5.56 Å². The lowest BCUT2D eigenvalue weighted by molar-refractivity contribution is 0.656. The molecule has 0 spiro atoms. The standard InChI is InChI=1S/C48H40N2/c1-47(2)38-17-9-5-13-31(38)33-23-21-29(27-40(33)47)49-43-20-12-8-16-37(43)45-44(49)26-25-36-35-15-7-11-19-42(35)50(46(36)45)30-22-24-34-32-14-6-10-18-39(32)48(3,4)41(34)28-30/h5-6,8-10,12-14,16-18,20-28H,7,11,15,19H2,1-4H3. The van der Waals surface area contributed by atoms with Crippen molar-refractivity contribution in [3.8, 4) is 33.6 Å². The van der Waals surface area contributed by atoms with E-state index in [0.717, 1.165) is 12.8 Å². The molecule has 0 saturated carbocycles. The summed E-state index contributed by atoms with van der Waals surface area (Å²) in [6.07, 6.45) is 4.76. The highest BCUT2D eigenvalue weighted by Gasteiger charge is 2.37. The highest BCUT2D eigenvalue weighted by molar-refractivity contribution is 6.21. The van der Waals surface area contributed by atoms with Gasteiger partial charge in [-0.3, -0.25) is 0 Å². The monoisotopic (exact) mass is 644 g/mol. The number of aryl methyl sites for hydroxylation is 1. The minimum atomic E-state index is -0.0529. The summed E-state index contributed by atoms with van der Waals surface area (Å²) in [5, 5.41) is 4.10. The zero-order chi connectivity index (χ0) is 33.5. The smallest absolute Gasteiger partial charge is 0.0634 e. The third-order valence-corrected chi connectivity index (χ3v) is 12.7. The van der Waals surface area contributed by atoms with Crippen molar-refractivity contribution < 1.29 is 0 Å². The number of rotatable bonds is 2. The molecule has 6 aromatic carbocycles. The van der Waals surface area contributed by atoms with Crippen LogP contribution in [0.4, 0.5) is 0 Å². The first-order valence-corrected chi connectivity index (χ1v) is 18.4. The van der Waals surface area contributed by atoms with Gasteiger partial charge in [0, 0.05) is 44.1 Å². The van der Waals surface area contributed by atoms with Gasteiger partial charge in [0.05, 0.1) is 16.6 Å². The van der Waals surface area contributed by atoms with Gasteiger partial charge in [0.2, 0.25) is 0 Å². The Morgan fingerprint density at radius 1 is 0.460 bits per heavy atom. The maximum atomic E-state index is 2.67. The summed E-state index contributed by atoms with van der Waals surface area (Å²) in [6, 6.07) is 46.3. The molecule has 2 heteroatoms. The summed E-state index contributed by atoms with van der Waals surface area (Å²) < 4.78 is 5.20. The highest BCUT2D eigenvalue weighted by atomic mass is 15.0. The maximum absolute atomic E-state index is 2.67. The lowest BCUT2D eigenvalue weighted by atomic mass is 9.82. The van der Waals surface area contributed by atoms with E-state index in [2.05, 4.69) is 158 Å². The second-order valence-corrected chi connectivity index (χ2v) is 16.0. The van der Waals surface area contributed by atoms with Crippen LogP contribution in [0.1, 0.15) is 74.0 Å². The Hall–Kier alpha value is -5.34. The Morgan fingerprint density at radius 3 is 1.70 bits per heavy atom. The van der Waals surface area contributed by atoms with Gasteiger partial charge < -0.3 is 9.13 Å². The molecule has 11 rings (SSSR count). The Kier molecular flexibility index (Phi) is 5.51. The third kappa shape index (κ3) is 3.49. The van der Waals surface area contributed by atoms with Crippen molar-refractivity contribution in [1.29, 1.82) is 0 Å². The molecule has 0 saturated heterocycles. The molecule has 2 aromatic heterocycles. The molecule has 3 aliphatic carbocycles. The number of fused-ring (bicyclic) bond motifs is 13. The van der Waals surface area contributed by atoms with Crippen molar-refractivity contribution in [2.75, 3.05) is 0 Å². The number of para-hydroxylation sites is 1. The molecule has 0 bridgehead atoms. The molecule has 242 valence electrons. The summed E-state index contributed by atoms with van der Waals surface area (Å²) in [5.74, 6) is 0. The zero-order valence-electron chi connectivity index (χ0n) is 29.3.